The van der Waals surface area contributed by atoms with Crippen LogP contribution in [0.25, 0.3) is 0 Å². The van der Waals surface area contributed by atoms with Crippen molar-refractivity contribution in [2.24, 2.45) is 0 Å². The number of allylic oxidation sites excluding steroid dienone is 9. The molecule has 0 heterocycles. The van der Waals surface area contributed by atoms with E-state index >= 15 is 0 Å². The molecule has 0 fully saturated rings. The van der Waals surface area contributed by atoms with Crippen molar-refractivity contribution in [3.8, 4) is 0 Å². The molecule has 0 rings (SSSR count). The number of phosphoric acid groups is 1. The second-order valence-corrected chi connectivity index (χ2v) is 23.3. The van der Waals surface area contributed by atoms with Crippen LogP contribution in [0, 0.1) is 0 Å². The molecule has 0 aromatic carbocycles. The minimum atomic E-state index is -4.71. The van der Waals surface area contributed by atoms with Crippen LogP contribution >= 0.6 is 7.82 Å². The third-order valence-electron chi connectivity index (χ3n) is 13.5. The van der Waals surface area contributed by atoms with E-state index in [4.69, 9.17) is 13.8 Å². The lowest BCUT2D eigenvalue weighted by Gasteiger charge is -2.30. The molecule has 10 heteroatoms. The highest BCUT2D eigenvalue weighted by Gasteiger charge is 2.27. The van der Waals surface area contributed by atoms with Crippen LogP contribution in [0.15, 0.2) is 60.8 Å². The van der Waals surface area contributed by atoms with Crippen LogP contribution in [0.3, 0.4) is 0 Å². The van der Waals surface area contributed by atoms with Crippen molar-refractivity contribution in [2.45, 2.75) is 290 Å². The molecular weight excluding hydrogens is 928 g/mol. The number of rotatable bonds is 55. The molecule has 73 heavy (non-hydrogen) atoms. The van der Waals surface area contributed by atoms with Crippen LogP contribution in [0.1, 0.15) is 278 Å². The summed E-state index contributed by atoms with van der Waals surface area (Å²) in [6, 6.07) is -0.908. The van der Waals surface area contributed by atoms with Gasteiger partial charge >= 0.3 is 5.97 Å². The molecular formula is C63H117N2O7P. The Morgan fingerprint density at radius 2 is 0.849 bits per heavy atom. The molecule has 9 nitrogen and oxygen atoms in total. The van der Waals surface area contributed by atoms with Gasteiger partial charge in [0.05, 0.1) is 33.8 Å². The molecule has 0 saturated carbocycles. The summed E-state index contributed by atoms with van der Waals surface area (Å²) in [5.74, 6) is -0.600. The average Bonchev–Trinajstić information content (AvgIpc) is 3.35. The Bertz CT molecular complexity index is 1440. The molecule has 0 aliphatic rings. The van der Waals surface area contributed by atoms with Crippen molar-refractivity contribution in [1.29, 1.82) is 0 Å². The zero-order chi connectivity index (χ0) is 53.6. The highest BCUT2D eigenvalue weighted by Crippen LogP contribution is 2.38. The van der Waals surface area contributed by atoms with Gasteiger partial charge in [-0.15, -0.1) is 0 Å². The minimum Gasteiger partial charge on any atom is -0.756 e. The Hall–Kier alpha value is -2.29. The third kappa shape index (κ3) is 54.3. The largest absolute Gasteiger partial charge is 0.756 e. The van der Waals surface area contributed by atoms with E-state index in [2.05, 4.69) is 74.7 Å². The summed E-state index contributed by atoms with van der Waals surface area (Å²) in [5.41, 5.74) is 0. The summed E-state index contributed by atoms with van der Waals surface area (Å²) in [6.07, 6.45) is 66.2. The summed E-state index contributed by atoms with van der Waals surface area (Å²) >= 11 is 0. The van der Waals surface area contributed by atoms with Crippen LogP contribution in [0.2, 0.25) is 0 Å². The van der Waals surface area contributed by atoms with E-state index in [0.29, 0.717) is 23.9 Å². The van der Waals surface area contributed by atoms with Gasteiger partial charge in [0.25, 0.3) is 7.82 Å². The molecule has 0 spiro atoms. The molecule has 0 bridgehead atoms. The summed E-state index contributed by atoms with van der Waals surface area (Å²) in [4.78, 5) is 39.9. The highest BCUT2D eigenvalue weighted by molar-refractivity contribution is 7.45. The van der Waals surface area contributed by atoms with Crippen molar-refractivity contribution in [1.82, 2.24) is 5.32 Å². The fourth-order valence-corrected chi connectivity index (χ4v) is 9.41. The van der Waals surface area contributed by atoms with Gasteiger partial charge in [-0.2, -0.15) is 0 Å². The van der Waals surface area contributed by atoms with E-state index in [1.165, 1.54) is 173 Å². The van der Waals surface area contributed by atoms with Gasteiger partial charge in [0, 0.05) is 12.8 Å². The van der Waals surface area contributed by atoms with Crippen molar-refractivity contribution >= 4 is 19.7 Å². The first kappa shape index (κ1) is 70.7. The van der Waals surface area contributed by atoms with Crippen LogP contribution < -0.4 is 10.2 Å². The monoisotopic (exact) mass is 1040 g/mol. The summed E-state index contributed by atoms with van der Waals surface area (Å²) in [5, 5.41) is 3.01. The number of esters is 1. The van der Waals surface area contributed by atoms with Gasteiger partial charge in [0.1, 0.15) is 19.3 Å². The van der Waals surface area contributed by atoms with Gasteiger partial charge in [-0.25, -0.2) is 0 Å². The maximum atomic E-state index is 13.5. The number of hydrogen-bond donors (Lipinski definition) is 1. The lowest BCUT2D eigenvalue weighted by atomic mass is 10.0. The number of ether oxygens (including phenoxy) is 1. The molecule has 0 radical (unpaired) electrons. The van der Waals surface area contributed by atoms with Gasteiger partial charge in [-0.1, -0.05) is 255 Å². The number of nitrogens with one attached hydrogen (secondary N) is 1. The molecule has 0 aliphatic carbocycles. The number of hydrogen-bond acceptors (Lipinski definition) is 7. The number of carbonyl (C=O) groups is 2. The second-order valence-electron chi connectivity index (χ2n) is 21.9. The first-order chi connectivity index (χ1) is 35.4. The maximum Gasteiger partial charge on any atom is 0.306 e. The lowest BCUT2D eigenvalue weighted by molar-refractivity contribution is -0.870. The topological polar surface area (TPSA) is 114 Å². The fourth-order valence-electron chi connectivity index (χ4n) is 8.69. The molecule has 3 atom stereocenters. The van der Waals surface area contributed by atoms with Gasteiger partial charge in [-0.3, -0.25) is 14.2 Å². The lowest BCUT2D eigenvalue weighted by Crippen LogP contribution is -2.47. The predicted molar refractivity (Wildman–Crippen MR) is 312 cm³/mol. The van der Waals surface area contributed by atoms with E-state index in [1.54, 1.807) is 0 Å². The van der Waals surface area contributed by atoms with Gasteiger partial charge in [-0.05, 0) is 70.3 Å². The maximum absolute atomic E-state index is 13.5. The van der Waals surface area contributed by atoms with E-state index in [-0.39, 0.29) is 18.9 Å². The van der Waals surface area contributed by atoms with Gasteiger partial charge in [0.2, 0.25) is 5.91 Å². The normalized spacial score (nSPS) is 14.1. The van der Waals surface area contributed by atoms with Crippen molar-refractivity contribution in [2.75, 3.05) is 40.9 Å². The Morgan fingerprint density at radius 1 is 0.479 bits per heavy atom. The van der Waals surface area contributed by atoms with Crippen LogP contribution in [-0.4, -0.2) is 69.4 Å². The first-order valence-corrected chi connectivity index (χ1v) is 32.1. The van der Waals surface area contributed by atoms with Crippen LogP contribution in [0.4, 0.5) is 0 Å². The van der Waals surface area contributed by atoms with E-state index in [0.717, 1.165) is 64.2 Å². The predicted octanol–water partition coefficient (Wildman–Crippen LogP) is 18.0. The first-order valence-electron chi connectivity index (χ1n) is 30.6. The molecule has 0 saturated heterocycles. The summed E-state index contributed by atoms with van der Waals surface area (Å²) in [7, 11) is 1.16. The molecule has 0 aliphatic heterocycles. The standard InChI is InChI=1S/C63H117N2O7P/c1-7-10-13-16-19-22-25-27-29-31-32-34-35-37-40-43-46-49-52-55-62(66)64-60(59-71-73(68,69)70-58-57-65(4,5)6)61(54-51-48-45-42-39-24-21-18-15-12-9-3)72-63(67)56-53-50-47-44-41-38-36-33-30-28-26-23-20-17-14-11-8-2/h20,23,28,30,36,38,44,47,51,54,60-61H,7-19,21-22,24-27,29,31-35,37,39-43,45-46,48-50,52-53,55-59H2,1-6H3,(H-,64,66,68,69)/b23-20-,30-28-,38-36-,47-44-,54-51+. The number of nitrogens with zero attached hydrogens (tertiary/aromatic N) is 1. The van der Waals surface area contributed by atoms with Crippen molar-refractivity contribution < 1.29 is 37.3 Å². The third-order valence-corrected chi connectivity index (χ3v) is 14.4. The van der Waals surface area contributed by atoms with Crippen LogP contribution in [0.5, 0.6) is 0 Å². The zero-order valence-electron chi connectivity index (χ0n) is 48.6. The molecule has 0 aromatic rings. The van der Waals surface area contributed by atoms with E-state index in [9.17, 15) is 19.0 Å². The molecule has 1 N–H and O–H groups in total. The smallest absolute Gasteiger partial charge is 0.306 e. The highest BCUT2D eigenvalue weighted by atomic mass is 31.2. The number of carbonyl (C=O) groups excluding carboxylic acids is 2. The SMILES string of the molecule is CCCCC/C=C\C/C=C\C/C=C\C/C=C\CCCC(=O)OC(/C=C/CCCCCCCCCCC)C(COP(=O)([O-])OCC[N+](C)(C)C)NC(=O)CCCCCCCCCCCCCCCCCCCCC. The Labute approximate surface area is 451 Å². The number of unbranched alkanes of at least 4 members (excludes halogenated alkanes) is 31. The van der Waals surface area contributed by atoms with Crippen molar-refractivity contribution in [3.63, 3.8) is 0 Å². The van der Waals surface area contributed by atoms with E-state index in [1.807, 2.05) is 33.3 Å². The zero-order valence-corrected chi connectivity index (χ0v) is 49.5. The van der Waals surface area contributed by atoms with E-state index < -0.39 is 32.5 Å². The van der Waals surface area contributed by atoms with Crippen LogP contribution in [-0.2, 0) is 27.9 Å². The molecule has 426 valence electrons. The Morgan fingerprint density at radius 3 is 1.30 bits per heavy atom. The molecule has 3 unspecified atom stereocenters. The molecule has 0 aromatic heterocycles. The second kappa shape index (κ2) is 53.1. The molecule has 1 amide bonds. The number of amides is 1. The Balaban J connectivity index is 5.30. The van der Waals surface area contributed by atoms with Gasteiger partial charge < -0.3 is 28.5 Å². The van der Waals surface area contributed by atoms with Gasteiger partial charge in [0.15, 0.2) is 0 Å². The fraction of sp³-hybridized carbons (Fsp3) is 0.810. The van der Waals surface area contributed by atoms with Crippen molar-refractivity contribution in [3.05, 3.63) is 60.8 Å². The number of likely N-dealkylation sites (N-methyl/N-ethyl adjacent to an activating group) is 1. The number of phosphoric ester groups is 1. The Kier molecular flexibility index (Phi) is 51.5. The minimum absolute atomic E-state index is 0.0306. The summed E-state index contributed by atoms with van der Waals surface area (Å²) in [6.45, 7) is 6.79. The quantitative estimate of drug-likeness (QED) is 0.0212. The summed E-state index contributed by atoms with van der Waals surface area (Å²) < 4.78 is 30.2. The number of quaternary nitrogens is 1. The average molecular weight is 1050 g/mol.